The van der Waals surface area contributed by atoms with Gasteiger partial charge in [-0.25, -0.2) is 9.59 Å². The summed E-state index contributed by atoms with van der Waals surface area (Å²) in [5.74, 6) is -0.828. The van der Waals surface area contributed by atoms with E-state index >= 15 is 0 Å². The second-order valence-corrected chi connectivity index (χ2v) is 6.13. The molecule has 2 aliphatic heterocycles. The zero-order valence-electron chi connectivity index (χ0n) is 12.5. The molecule has 2 heterocycles. The SMILES string of the molecule is CCC1CCCCN1C(=O)N1CCCC(C)C1C(=O)O. The molecular weight excluding hydrogens is 256 g/mol. The number of aliphatic carboxylic acids is 1. The van der Waals surface area contributed by atoms with Crippen molar-refractivity contribution in [1.82, 2.24) is 9.80 Å². The van der Waals surface area contributed by atoms with E-state index in [9.17, 15) is 14.7 Å². The minimum absolute atomic E-state index is 0.0371. The first kappa shape index (κ1) is 15.1. The highest BCUT2D eigenvalue weighted by atomic mass is 16.4. The standard InChI is InChI=1S/C15H26N2O3/c1-3-12-8-4-5-9-16(12)15(20)17-10-6-7-11(2)13(17)14(18)19/h11-13H,3-10H2,1-2H3,(H,18,19). The van der Waals surface area contributed by atoms with Gasteiger partial charge >= 0.3 is 12.0 Å². The summed E-state index contributed by atoms with van der Waals surface area (Å²) >= 11 is 0. The largest absolute Gasteiger partial charge is 0.480 e. The number of piperidine rings is 2. The maximum absolute atomic E-state index is 12.8. The molecule has 0 spiro atoms. The molecule has 0 aromatic heterocycles. The van der Waals surface area contributed by atoms with E-state index in [4.69, 9.17) is 0 Å². The third kappa shape index (κ3) is 2.91. The minimum atomic E-state index is -0.865. The Kier molecular flexibility index (Phi) is 4.89. The van der Waals surface area contributed by atoms with Gasteiger partial charge in [0.15, 0.2) is 0 Å². The molecule has 114 valence electrons. The molecule has 0 radical (unpaired) electrons. The lowest BCUT2D eigenvalue weighted by Gasteiger charge is -2.43. The highest BCUT2D eigenvalue weighted by Crippen LogP contribution is 2.27. The molecule has 5 heteroatoms. The first-order valence-corrected chi connectivity index (χ1v) is 7.86. The van der Waals surface area contributed by atoms with E-state index < -0.39 is 12.0 Å². The number of carbonyl (C=O) groups is 2. The molecule has 5 nitrogen and oxygen atoms in total. The molecular formula is C15H26N2O3. The Labute approximate surface area is 120 Å². The highest BCUT2D eigenvalue weighted by molar-refractivity contribution is 5.83. The van der Waals surface area contributed by atoms with Crippen LogP contribution in [0.5, 0.6) is 0 Å². The average molecular weight is 282 g/mol. The summed E-state index contributed by atoms with van der Waals surface area (Å²) in [5.41, 5.74) is 0. The third-order valence-corrected chi connectivity index (χ3v) is 4.78. The van der Waals surface area contributed by atoms with Crippen LogP contribution in [0.25, 0.3) is 0 Å². The van der Waals surface area contributed by atoms with E-state index in [0.717, 1.165) is 38.6 Å². The zero-order valence-corrected chi connectivity index (χ0v) is 12.5. The Hall–Kier alpha value is -1.26. The smallest absolute Gasteiger partial charge is 0.326 e. The lowest BCUT2D eigenvalue weighted by atomic mass is 9.91. The van der Waals surface area contributed by atoms with Gasteiger partial charge < -0.3 is 14.9 Å². The van der Waals surface area contributed by atoms with Crippen LogP contribution in [0.3, 0.4) is 0 Å². The van der Waals surface area contributed by atoms with Crippen LogP contribution >= 0.6 is 0 Å². The highest BCUT2D eigenvalue weighted by Gasteiger charge is 2.40. The van der Waals surface area contributed by atoms with Gasteiger partial charge in [-0.15, -0.1) is 0 Å². The number of carboxylic acids is 1. The average Bonchev–Trinajstić information content (AvgIpc) is 2.45. The molecule has 3 unspecified atom stereocenters. The van der Waals surface area contributed by atoms with Crippen LogP contribution in [-0.2, 0) is 4.79 Å². The van der Waals surface area contributed by atoms with E-state index in [0.29, 0.717) is 6.54 Å². The molecule has 2 saturated heterocycles. The molecule has 2 amide bonds. The Bertz CT molecular complexity index is 372. The topological polar surface area (TPSA) is 60.9 Å². The number of hydrogen-bond donors (Lipinski definition) is 1. The Balaban J connectivity index is 2.14. The van der Waals surface area contributed by atoms with Crippen molar-refractivity contribution in [1.29, 1.82) is 0 Å². The molecule has 0 aliphatic carbocycles. The van der Waals surface area contributed by atoms with Crippen LogP contribution in [0.4, 0.5) is 4.79 Å². The second-order valence-electron chi connectivity index (χ2n) is 6.13. The first-order valence-electron chi connectivity index (χ1n) is 7.86. The minimum Gasteiger partial charge on any atom is -0.480 e. The number of nitrogens with zero attached hydrogens (tertiary/aromatic N) is 2. The molecule has 2 aliphatic rings. The predicted molar refractivity (Wildman–Crippen MR) is 76.6 cm³/mol. The molecule has 3 atom stereocenters. The number of likely N-dealkylation sites (tertiary alicyclic amines) is 2. The van der Waals surface area contributed by atoms with Crippen molar-refractivity contribution in [2.24, 2.45) is 5.92 Å². The Morgan fingerprint density at radius 3 is 2.45 bits per heavy atom. The van der Waals surface area contributed by atoms with Crippen molar-refractivity contribution < 1.29 is 14.7 Å². The van der Waals surface area contributed by atoms with Gasteiger partial charge in [0.05, 0.1) is 0 Å². The number of urea groups is 1. The molecule has 2 rings (SSSR count). The van der Waals surface area contributed by atoms with Gasteiger partial charge in [-0.2, -0.15) is 0 Å². The van der Waals surface area contributed by atoms with E-state index in [1.54, 1.807) is 4.90 Å². The molecule has 1 N–H and O–H groups in total. The van der Waals surface area contributed by atoms with Crippen LogP contribution in [0.2, 0.25) is 0 Å². The number of amides is 2. The van der Waals surface area contributed by atoms with Crippen molar-refractivity contribution >= 4 is 12.0 Å². The van der Waals surface area contributed by atoms with Crippen molar-refractivity contribution in [2.45, 2.75) is 64.5 Å². The maximum atomic E-state index is 12.8. The van der Waals surface area contributed by atoms with Crippen molar-refractivity contribution in [3.8, 4) is 0 Å². The Morgan fingerprint density at radius 2 is 1.80 bits per heavy atom. The quantitative estimate of drug-likeness (QED) is 0.846. The zero-order chi connectivity index (χ0) is 14.7. The maximum Gasteiger partial charge on any atom is 0.326 e. The molecule has 0 aromatic rings. The summed E-state index contributed by atoms with van der Waals surface area (Å²) in [5, 5.41) is 9.44. The predicted octanol–water partition coefficient (Wildman–Crippen LogP) is 2.56. The molecule has 0 bridgehead atoms. The van der Waals surface area contributed by atoms with E-state index in [-0.39, 0.29) is 18.0 Å². The summed E-state index contributed by atoms with van der Waals surface area (Å²) in [6.45, 7) is 5.39. The van der Waals surface area contributed by atoms with Crippen molar-refractivity contribution in [3.05, 3.63) is 0 Å². The van der Waals surface area contributed by atoms with Crippen LogP contribution < -0.4 is 0 Å². The van der Waals surface area contributed by atoms with Gasteiger partial charge in [-0.05, 0) is 44.4 Å². The summed E-state index contributed by atoms with van der Waals surface area (Å²) in [6, 6.07) is -0.436. The van der Waals surface area contributed by atoms with Crippen LogP contribution in [0.1, 0.15) is 52.4 Å². The van der Waals surface area contributed by atoms with Gasteiger partial charge in [-0.1, -0.05) is 13.8 Å². The lowest BCUT2D eigenvalue weighted by Crippen LogP contribution is -2.58. The number of carboxylic acid groups (broad SMARTS) is 1. The number of carbonyl (C=O) groups excluding carboxylic acids is 1. The fourth-order valence-electron chi connectivity index (χ4n) is 3.62. The Morgan fingerprint density at radius 1 is 1.10 bits per heavy atom. The second kappa shape index (κ2) is 6.46. The number of rotatable bonds is 2. The third-order valence-electron chi connectivity index (χ3n) is 4.78. The molecule has 0 saturated carbocycles. The monoisotopic (exact) mass is 282 g/mol. The van der Waals surface area contributed by atoms with E-state index in [1.165, 1.54) is 6.42 Å². The summed E-state index contributed by atoms with van der Waals surface area (Å²) in [7, 11) is 0. The van der Waals surface area contributed by atoms with Crippen molar-refractivity contribution in [2.75, 3.05) is 13.1 Å². The van der Waals surface area contributed by atoms with Gasteiger partial charge in [0.2, 0.25) is 0 Å². The fraction of sp³-hybridized carbons (Fsp3) is 0.867. The lowest BCUT2D eigenvalue weighted by molar-refractivity contribution is -0.145. The normalized spacial score (nSPS) is 31.2. The van der Waals surface area contributed by atoms with Crippen LogP contribution in [0, 0.1) is 5.92 Å². The van der Waals surface area contributed by atoms with Crippen LogP contribution in [-0.4, -0.2) is 52.1 Å². The summed E-state index contributed by atoms with van der Waals surface area (Å²) < 4.78 is 0. The van der Waals surface area contributed by atoms with Gasteiger partial charge in [0.1, 0.15) is 6.04 Å². The van der Waals surface area contributed by atoms with Gasteiger partial charge in [-0.3, -0.25) is 0 Å². The fourth-order valence-corrected chi connectivity index (χ4v) is 3.62. The molecule has 20 heavy (non-hydrogen) atoms. The molecule has 2 fully saturated rings. The summed E-state index contributed by atoms with van der Waals surface area (Å²) in [6.07, 6.45) is 5.99. The molecule has 0 aromatic carbocycles. The van der Waals surface area contributed by atoms with E-state index in [1.807, 2.05) is 11.8 Å². The van der Waals surface area contributed by atoms with E-state index in [2.05, 4.69) is 6.92 Å². The number of hydrogen-bond acceptors (Lipinski definition) is 2. The summed E-state index contributed by atoms with van der Waals surface area (Å²) in [4.78, 5) is 27.8. The first-order chi connectivity index (χ1) is 9.56. The van der Waals surface area contributed by atoms with Gasteiger partial charge in [0, 0.05) is 19.1 Å². The van der Waals surface area contributed by atoms with Crippen molar-refractivity contribution in [3.63, 3.8) is 0 Å². The van der Waals surface area contributed by atoms with Crippen LogP contribution in [0.15, 0.2) is 0 Å². The van der Waals surface area contributed by atoms with Gasteiger partial charge in [0.25, 0.3) is 0 Å².